The maximum absolute atomic E-state index is 4.46. The molecular weight excluding hydrogens is 210 g/mol. The molecule has 0 bridgehead atoms. The van der Waals surface area contributed by atoms with E-state index in [0.717, 1.165) is 24.8 Å². The maximum atomic E-state index is 4.46. The van der Waals surface area contributed by atoms with Gasteiger partial charge in [0.2, 0.25) is 0 Å². The van der Waals surface area contributed by atoms with Crippen LogP contribution in [0, 0.1) is 11.8 Å². The lowest BCUT2D eigenvalue weighted by molar-refractivity contribution is 0.293. The van der Waals surface area contributed by atoms with Crippen molar-refractivity contribution in [1.82, 2.24) is 9.78 Å². The standard InChI is InChI=1S/C14H25N3/c1-4-13-14(10-17(3)16-13)15-9-12-7-5-6-11(2)8-12/h10-12,15H,4-9H2,1-3H3. The summed E-state index contributed by atoms with van der Waals surface area (Å²) in [6.07, 6.45) is 8.70. The molecule has 0 saturated heterocycles. The van der Waals surface area contributed by atoms with Crippen LogP contribution in [0.4, 0.5) is 5.69 Å². The van der Waals surface area contributed by atoms with E-state index in [1.54, 1.807) is 0 Å². The number of aromatic nitrogens is 2. The molecule has 0 amide bonds. The lowest BCUT2D eigenvalue weighted by atomic mass is 9.82. The van der Waals surface area contributed by atoms with Gasteiger partial charge in [0.25, 0.3) is 0 Å². The van der Waals surface area contributed by atoms with Crippen molar-refractivity contribution in [3.05, 3.63) is 11.9 Å². The van der Waals surface area contributed by atoms with Crippen LogP contribution in [-0.4, -0.2) is 16.3 Å². The Balaban J connectivity index is 1.88. The Morgan fingerprint density at radius 2 is 2.29 bits per heavy atom. The molecule has 1 aromatic heterocycles. The first-order chi connectivity index (χ1) is 8.19. The zero-order valence-corrected chi connectivity index (χ0v) is 11.4. The monoisotopic (exact) mass is 235 g/mol. The van der Waals surface area contributed by atoms with Gasteiger partial charge >= 0.3 is 0 Å². The molecule has 3 nitrogen and oxygen atoms in total. The highest BCUT2D eigenvalue weighted by Crippen LogP contribution is 2.29. The zero-order valence-electron chi connectivity index (χ0n) is 11.4. The highest BCUT2D eigenvalue weighted by Gasteiger charge is 2.19. The van der Waals surface area contributed by atoms with E-state index >= 15 is 0 Å². The van der Waals surface area contributed by atoms with Gasteiger partial charge in [0.15, 0.2) is 0 Å². The number of nitrogens with zero attached hydrogens (tertiary/aromatic N) is 2. The smallest absolute Gasteiger partial charge is 0.0853 e. The highest BCUT2D eigenvalue weighted by atomic mass is 15.3. The molecule has 0 spiro atoms. The van der Waals surface area contributed by atoms with Gasteiger partial charge in [-0.2, -0.15) is 5.10 Å². The summed E-state index contributed by atoms with van der Waals surface area (Å²) >= 11 is 0. The molecule has 1 fully saturated rings. The second-order valence-corrected chi connectivity index (χ2v) is 5.54. The largest absolute Gasteiger partial charge is 0.382 e. The Hall–Kier alpha value is -0.990. The normalized spacial score (nSPS) is 24.9. The quantitative estimate of drug-likeness (QED) is 0.868. The fourth-order valence-electron chi connectivity index (χ4n) is 2.94. The van der Waals surface area contributed by atoms with E-state index in [9.17, 15) is 0 Å². The van der Waals surface area contributed by atoms with Crippen LogP contribution in [0.2, 0.25) is 0 Å². The number of hydrogen-bond acceptors (Lipinski definition) is 2. The minimum absolute atomic E-state index is 0.851. The van der Waals surface area contributed by atoms with Crippen molar-refractivity contribution in [3.63, 3.8) is 0 Å². The van der Waals surface area contributed by atoms with E-state index in [1.807, 2.05) is 11.7 Å². The van der Waals surface area contributed by atoms with Crippen molar-refractivity contribution in [1.29, 1.82) is 0 Å². The lowest BCUT2D eigenvalue weighted by Crippen LogP contribution is -2.21. The van der Waals surface area contributed by atoms with E-state index in [2.05, 4.69) is 30.5 Å². The number of aryl methyl sites for hydroxylation is 2. The summed E-state index contributed by atoms with van der Waals surface area (Å²) in [5, 5.41) is 8.05. The van der Waals surface area contributed by atoms with Crippen LogP contribution in [0.25, 0.3) is 0 Å². The van der Waals surface area contributed by atoms with Crippen LogP contribution in [0.5, 0.6) is 0 Å². The topological polar surface area (TPSA) is 29.9 Å². The molecule has 1 heterocycles. The first-order valence-electron chi connectivity index (χ1n) is 6.95. The molecule has 2 rings (SSSR count). The van der Waals surface area contributed by atoms with Crippen molar-refractivity contribution in [3.8, 4) is 0 Å². The molecule has 1 aliphatic rings. The summed E-state index contributed by atoms with van der Waals surface area (Å²) in [4.78, 5) is 0. The molecule has 1 N–H and O–H groups in total. The van der Waals surface area contributed by atoms with Crippen LogP contribution in [0.15, 0.2) is 6.20 Å². The third-order valence-corrected chi connectivity index (χ3v) is 3.87. The molecule has 1 aromatic rings. The lowest BCUT2D eigenvalue weighted by Gasteiger charge is -2.27. The van der Waals surface area contributed by atoms with Crippen LogP contribution in [0.3, 0.4) is 0 Å². The molecular formula is C14H25N3. The molecule has 2 atom stereocenters. The van der Waals surface area contributed by atoms with Gasteiger partial charge in [-0.25, -0.2) is 0 Å². The van der Waals surface area contributed by atoms with E-state index in [1.165, 1.54) is 37.1 Å². The summed E-state index contributed by atoms with van der Waals surface area (Å²) in [5.74, 6) is 1.76. The van der Waals surface area contributed by atoms with Gasteiger partial charge in [0.05, 0.1) is 11.4 Å². The highest BCUT2D eigenvalue weighted by molar-refractivity contribution is 5.46. The summed E-state index contributed by atoms with van der Waals surface area (Å²) in [6, 6.07) is 0. The Labute approximate surface area is 105 Å². The van der Waals surface area contributed by atoms with Crippen LogP contribution < -0.4 is 5.32 Å². The molecule has 1 aliphatic carbocycles. The van der Waals surface area contributed by atoms with Crippen LogP contribution in [-0.2, 0) is 13.5 Å². The van der Waals surface area contributed by atoms with Gasteiger partial charge in [-0.15, -0.1) is 0 Å². The minimum Gasteiger partial charge on any atom is -0.382 e. The third-order valence-electron chi connectivity index (χ3n) is 3.87. The Bertz CT molecular complexity index is 356. The second kappa shape index (κ2) is 5.56. The molecule has 3 heteroatoms. The Morgan fingerprint density at radius 1 is 1.47 bits per heavy atom. The molecule has 2 unspecified atom stereocenters. The van der Waals surface area contributed by atoms with E-state index in [0.29, 0.717) is 0 Å². The van der Waals surface area contributed by atoms with Gasteiger partial charge in [-0.1, -0.05) is 26.7 Å². The number of rotatable bonds is 4. The van der Waals surface area contributed by atoms with Gasteiger partial charge in [0.1, 0.15) is 0 Å². The van der Waals surface area contributed by atoms with Crippen LogP contribution in [0.1, 0.15) is 45.2 Å². The summed E-state index contributed by atoms with van der Waals surface area (Å²) < 4.78 is 1.91. The van der Waals surface area contributed by atoms with E-state index in [4.69, 9.17) is 0 Å². The number of anilines is 1. The van der Waals surface area contributed by atoms with E-state index in [-0.39, 0.29) is 0 Å². The maximum Gasteiger partial charge on any atom is 0.0853 e. The number of nitrogens with one attached hydrogen (secondary N) is 1. The van der Waals surface area contributed by atoms with Crippen molar-refractivity contribution < 1.29 is 0 Å². The fourth-order valence-corrected chi connectivity index (χ4v) is 2.94. The Kier molecular flexibility index (Phi) is 4.08. The first kappa shape index (κ1) is 12.5. The molecule has 0 radical (unpaired) electrons. The average Bonchev–Trinajstić information content (AvgIpc) is 2.67. The van der Waals surface area contributed by atoms with Crippen molar-refractivity contribution in [2.75, 3.05) is 11.9 Å². The first-order valence-corrected chi connectivity index (χ1v) is 6.95. The Morgan fingerprint density at radius 3 is 3.00 bits per heavy atom. The van der Waals surface area contributed by atoms with Crippen molar-refractivity contribution in [2.45, 2.75) is 46.0 Å². The van der Waals surface area contributed by atoms with Gasteiger partial charge in [-0.3, -0.25) is 4.68 Å². The van der Waals surface area contributed by atoms with Crippen molar-refractivity contribution >= 4 is 5.69 Å². The third kappa shape index (κ3) is 3.24. The summed E-state index contributed by atoms with van der Waals surface area (Å²) in [6.45, 7) is 5.66. The van der Waals surface area contributed by atoms with E-state index < -0.39 is 0 Å². The average molecular weight is 235 g/mol. The van der Waals surface area contributed by atoms with Gasteiger partial charge < -0.3 is 5.32 Å². The minimum atomic E-state index is 0.851. The zero-order chi connectivity index (χ0) is 12.3. The van der Waals surface area contributed by atoms with Gasteiger partial charge in [0, 0.05) is 19.8 Å². The predicted octanol–water partition coefficient (Wildman–Crippen LogP) is 3.22. The molecule has 0 aliphatic heterocycles. The van der Waals surface area contributed by atoms with Crippen LogP contribution >= 0.6 is 0 Å². The number of hydrogen-bond donors (Lipinski definition) is 1. The van der Waals surface area contributed by atoms with Gasteiger partial charge in [-0.05, 0) is 31.1 Å². The SMILES string of the molecule is CCc1nn(C)cc1NCC1CCCC(C)C1. The molecule has 96 valence electrons. The van der Waals surface area contributed by atoms with Crippen molar-refractivity contribution in [2.24, 2.45) is 18.9 Å². The predicted molar refractivity (Wildman–Crippen MR) is 72.2 cm³/mol. The fraction of sp³-hybridized carbons (Fsp3) is 0.786. The summed E-state index contributed by atoms with van der Waals surface area (Å²) in [5.41, 5.74) is 2.42. The molecule has 1 saturated carbocycles. The summed E-state index contributed by atoms with van der Waals surface area (Å²) in [7, 11) is 1.99. The molecule has 17 heavy (non-hydrogen) atoms. The molecule has 0 aromatic carbocycles. The second-order valence-electron chi connectivity index (χ2n) is 5.54.